The number of hydrogen-bond acceptors (Lipinski definition) is 10. The summed E-state index contributed by atoms with van der Waals surface area (Å²) in [6.45, 7) is 8.88. The largest absolute Gasteiger partial charge is 0.510 e. The maximum Gasteiger partial charge on any atom is 0.254 e. The van der Waals surface area contributed by atoms with Crippen LogP contribution in [0.15, 0.2) is 23.0 Å². The van der Waals surface area contributed by atoms with Crippen molar-refractivity contribution in [2.75, 3.05) is 34.3 Å². The van der Waals surface area contributed by atoms with Gasteiger partial charge in [-0.2, -0.15) is 0 Å². The summed E-state index contributed by atoms with van der Waals surface area (Å²) in [5, 5.41) is 54.4. The number of aliphatic hydroxyl groups excluding tert-OH is 2. The number of likely N-dealkylation sites (N-methyl/N-ethyl adjacent to an activating group) is 1. The van der Waals surface area contributed by atoms with Crippen LogP contribution in [0.3, 0.4) is 0 Å². The Labute approximate surface area is 252 Å². The van der Waals surface area contributed by atoms with Gasteiger partial charge in [-0.1, -0.05) is 20.8 Å². The molecule has 2 fully saturated rings. The lowest BCUT2D eigenvalue weighted by atomic mass is 9.56. The molecule has 4 aliphatic carbocycles. The van der Waals surface area contributed by atoms with Gasteiger partial charge >= 0.3 is 0 Å². The number of benzene rings is 1. The smallest absolute Gasteiger partial charge is 0.254 e. The van der Waals surface area contributed by atoms with Crippen molar-refractivity contribution in [2.24, 2.45) is 28.9 Å². The lowest BCUT2D eigenvalue weighted by Gasteiger charge is -2.51. The number of carbonyl (C=O) groups is 2. The van der Waals surface area contributed by atoms with E-state index in [2.05, 4.69) is 25.7 Å². The van der Waals surface area contributed by atoms with Gasteiger partial charge in [0.05, 0.1) is 24.4 Å². The molecule has 234 valence electrons. The van der Waals surface area contributed by atoms with E-state index in [1.54, 1.807) is 32.2 Å². The number of amides is 1. The van der Waals surface area contributed by atoms with Crippen LogP contribution in [0, 0.1) is 28.6 Å². The molecule has 1 amide bonds. The molecule has 0 aromatic heterocycles. The monoisotopic (exact) mass is 596 g/mol. The summed E-state index contributed by atoms with van der Waals surface area (Å²) in [6, 6.07) is 0.587. The van der Waals surface area contributed by atoms with Crippen molar-refractivity contribution in [1.82, 2.24) is 9.80 Å². The summed E-state index contributed by atoms with van der Waals surface area (Å²) in [5.41, 5.74) is 2.89. The molecule has 0 saturated heterocycles. The fourth-order valence-electron chi connectivity index (χ4n) is 7.55. The van der Waals surface area contributed by atoms with Crippen LogP contribution in [-0.4, -0.2) is 93.6 Å². The van der Waals surface area contributed by atoms with Gasteiger partial charge in [-0.15, -0.1) is 0 Å². The number of aromatic hydroxyl groups is 1. The van der Waals surface area contributed by atoms with E-state index in [4.69, 9.17) is 15.9 Å². The number of ether oxygens (including phenoxy) is 1. The number of methoxy groups -OCH3 is 1. The summed E-state index contributed by atoms with van der Waals surface area (Å²) in [4.78, 5) is 30.3. The van der Waals surface area contributed by atoms with Crippen LogP contribution in [-0.2, 0) is 22.6 Å². The van der Waals surface area contributed by atoms with E-state index in [1.165, 1.54) is 12.8 Å². The van der Waals surface area contributed by atoms with Gasteiger partial charge in [-0.3, -0.25) is 19.4 Å². The van der Waals surface area contributed by atoms with Gasteiger partial charge in [0.2, 0.25) is 5.78 Å². The van der Waals surface area contributed by atoms with Crippen molar-refractivity contribution >= 4 is 23.2 Å². The predicted molar refractivity (Wildman–Crippen MR) is 161 cm³/mol. The summed E-state index contributed by atoms with van der Waals surface area (Å²) < 4.78 is 5.92. The number of carbonyl (C=O) groups excluding carboxylic acids is 2. The first-order valence-corrected chi connectivity index (χ1v) is 14.8. The molecule has 2 saturated carbocycles. The van der Waals surface area contributed by atoms with E-state index in [0.717, 1.165) is 18.7 Å². The highest BCUT2D eigenvalue weighted by molar-refractivity contribution is 6.33. The SMILES string of the molecule is COc1c(CN(CC2CC2)CC(C)(C)C)cc(O)c2c1C[C@H]1C[C@H]3[C@H](N(C)C)C(O)=C(C(N)=O)C(=N)[C@@]3(O)C(=O)C1=C2O. The molecule has 1 aromatic rings. The molecule has 0 heterocycles. The van der Waals surface area contributed by atoms with Crippen LogP contribution >= 0.6 is 0 Å². The number of phenols is 1. The molecule has 11 nitrogen and oxygen atoms in total. The van der Waals surface area contributed by atoms with Crippen molar-refractivity contribution in [2.45, 2.75) is 64.6 Å². The number of nitrogens with two attached hydrogens (primary N) is 1. The first-order chi connectivity index (χ1) is 20.0. The molecule has 0 unspecified atom stereocenters. The third-order valence-corrected chi connectivity index (χ3v) is 9.31. The predicted octanol–water partition coefficient (Wildman–Crippen LogP) is 2.68. The van der Waals surface area contributed by atoms with Crippen molar-refractivity contribution < 1.29 is 34.8 Å². The van der Waals surface area contributed by atoms with Crippen molar-refractivity contribution in [3.05, 3.63) is 39.7 Å². The Morgan fingerprint density at radius 1 is 1.21 bits per heavy atom. The van der Waals surface area contributed by atoms with E-state index in [-0.39, 0.29) is 35.1 Å². The zero-order valence-electron chi connectivity index (χ0n) is 25.8. The van der Waals surface area contributed by atoms with Crippen LogP contribution in [0.2, 0.25) is 0 Å². The third-order valence-electron chi connectivity index (χ3n) is 9.31. The van der Waals surface area contributed by atoms with E-state index < -0.39 is 58.0 Å². The molecule has 11 heteroatoms. The summed E-state index contributed by atoms with van der Waals surface area (Å²) in [5.74, 6) is -3.67. The molecule has 1 aromatic carbocycles. The van der Waals surface area contributed by atoms with Gasteiger partial charge in [-0.25, -0.2) is 0 Å². The van der Waals surface area contributed by atoms with E-state index in [0.29, 0.717) is 23.8 Å². The maximum absolute atomic E-state index is 14.1. The molecule has 4 aliphatic rings. The fourth-order valence-corrected chi connectivity index (χ4v) is 7.55. The summed E-state index contributed by atoms with van der Waals surface area (Å²) in [6.07, 6.45) is 2.73. The van der Waals surface area contributed by atoms with Crippen LogP contribution in [0.5, 0.6) is 11.5 Å². The number of primary amides is 1. The van der Waals surface area contributed by atoms with Crippen molar-refractivity contribution in [1.29, 1.82) is 5.41 Å². The Bertz CT molecular complexity index is 1450. The molecule has 0 spiro atoms. The first kappa shape index (κ1) is 31.0. The summed E-state index contributed by atoms with van der Waals surface area (Å²) in [7, 11) is 4.82. The van der Waals surface area contributed by atoms with Crippen LogP contribution in [0.25, 0.3) is 5.76 Å². The van der Waals surface area contributed by atoms with Gasteiger partial charge in [-0.05, 0) is 63.1 Å². The van der Waals surface area contributed by atoms with Gasteiger partial charge in [0.15, 0.2) is 5.60 Å². The van der Waals surface area contributed by atoms with Crippen molar-refractivity contribution in [3.8, 4) is 11.5 Å². The van der Waals surface area contributed by atoms with Gasteiger partial charge in [0, 0.05) is 42.3 Å². The topological polar surface area (TPSA) is 181 Å². The zero-order valence-corrected chi connectivity index (χ0v) is 25.8. The fraction of sp³-hybridized carbons (Fsp3) is 0.594. The molecule has 4 atom stereocenters. The number of phenolic OH excluding ortho intramolecular Hbond substituents is 1. The minimum atomic E-state index is -2.52. The second-order valence-electron chi connectivity index (χ2n) is 14.1. The average Bonchev–Trinajstić information content (AvgIpc) is 3.68. The minimum absolute atomic E-state index is 0.0542. The zero-order chi connectivity index (χ0) is 31.8. The molecule has 0 bridgehead atoms. The number of nitrogens with one attached hydrogen (secondary N) is 1. The quantitative estimate of drug-likeness (QED) is 0.263. The summed E-state index contributed by atoms with van der Waals surface area (Å²) >= 11 is 0. The van der Waals surface area contributed by atoms with Gasteiger partial charge < -0.3 is 36.3 Å². The highest BCUT2D eigenvalue weighted by atomic mass is 16.5. The highest BCUT2D eigenvalue weighted by Crippen LogP contribution is 2.53. The number of ketones is 1. The van der Waals surface area contributed by atoms with Crippen LogP contribution < -0.4 is 10.5 Å². The number of aliphatic hydroxyl groups is 3. The molecule has 43 heavy (non-hydrogen) atoms. The van der Waals surface area contributed by atoms with E-state index >= 15 is 0 Å². The molecule has 5 rings (SSSR count). The van der Waals surface area contributed by atoms with Gasteiger partial charge in [0.25, 0.3) is 5.91 Å². The second-order valence-corrected chi connectivity index (χ2v) is 14.1. The average molecular weight is 597 g/mol. The van der Waals surface area contributed by atoms with Crippen molar-refractivity contribution in [3.63, 3.8) is 0 Å². The molecule has 0 radical (unpaired) electrons. The molecular formula is C32H44N4O7. The number of Topliss-reactive ketones (excluding diaryl/α,β-unsaturated/α-hetero) is 1. The Hall–Kier alpha value is -3.41. The van der Waals surface area contributed by atoms with Crippen LogP contribution in [0.4, 0.5) is 0 Å². The molecule has 0 aliphatic heterocycles. The Morgan fingerprint density at radius 3 is 2.40 bits per heavy atom. The first-order valence-electron chi connectivity index (χ1n) is 14.8. The number of nitrogens with zero attached hydrogens (tertiary/aromatic N) is 2. The molecule has 7 N–H and O–H groups in total. The lowest BCUT2D eigenvalue weighted by molar-refractivity contribution is -0.138. The lowest BCUT2D eigenvalue weighted by Crippen LogP contribution is -2.67. The Kier molecular flexibility index (Phi) is 7.68. The van der Waals surface area contributed by atoms with E-state index in [1.807, 2.05) is 0 Å². The molecular weight excluding hydrogens is 552 g/mol. The Balaban J connectivity index is 1.61. The van der Waals surface area contributed by atoms with Crippen LogP contribution in [0.1, 0.15) is 56.7 Å². The number of fused-ring (bicyclic) bond motifs is 3. The van der Waals surface area contributed by atoms with Gasteiger partial charge in [0.1, 0.15) is 28.6 Å². The number of hydrogen-bond donors (Lipinski definition) is 6. The minimum Gasteiger partial charge on any atom is -0.510 e. The maximum atomic E-state index is 14.1. The van der Waals surface area contributed by atoms with E-state index in [9.17, 15) is 30.0 Å². The Morgan fingerprint density at radius 2 is 1.86 bits per heavy atom. The highest BCUT2D eigenvalue weighted by Gasteiger charge is 2.63. The third kappa shape index (κ3) is 5.11. The standard InChI is InChI=1S/C32H44N4O7/c1-31(2,3)14-36(12-15-7-8-15)13-17-11-20(37)22-18(27(17)43-6)9-16-10-19-24(35(4)5)26(39)23(30(34)41)28(33)32(19,42)29(40)21(16)25(22)38/h11,15-16,19,24,33,37-39,42H,7-10,12-14H2,1-6H3,(H2,34,41)/t16-,19-,24-,32+/m0/s1. The number of rotatable bonds is 8. The second kappa shape index (κ2) is 10.6. The normalized spacial score (nSPS) is 27.4.